The first kappa shape index (κ1) is 18.1. The number of nitrogens with zero attached hydrogens (tertiary/aromatic N) is 1. The Morgan fingerprint density at radius 1 is 1.38 bits per heavy atom. The molecule has 0 aromatic heterocycles. The van der Waals surface area contributed by atoms with Crippen LogP contribution in [0.25, 0.3) is 0 Å². The van der Waals surface area contributed by atoms with Crippen molar-refractivity contribution in [2.75, 3.05) is 33.4 Å². The molecule has 0 aliphatic heterocycles. The molecule has 0 N–H and O–H groups in total. The number of esters is 1. The van der Waals surface area contributed by atoms with Gasteiger partial charge in [0.15, 0.2) is 0 Å². The zero-order valence-corrected chi connectivity index (χ0v) is 14.1. The first-order valence-electron chi connectivity index (χ1n) is 6.86. The summed E-state index contributed by atoms with van der Waals surface area (Å²) in [6.07, 6.45) is 0. The van der Waals surface area contributed by atoms with Crippen LogP contribution in [0.1, 0.15) is 13.8 Å². The van der Waals surface area contributed by atoms with E-state index >= 15 is 0 Å². The number of carbonyl (C=O) groups is 1. The van der Waals surface area contributed by atoms with Crippen molar-refractivity contribution in [3.8, 4) is 5.75 Å². The van der Waals surface area contributed by atoms with Gasteiger partial charge in [-0.15, -0.1) is 0 Å². The van der Waals surface area contributed by atoms with Crippen molar-refractivity contribution in [3.63, 3.8) is 0 Å². The molecule has 6 heteroatoms. The average Bonchev–Trinajstić information content (AvgIpc) is 2.47. The van der Waals surface area contributed by atoms with Crippen LogP contribution >= 0.6 is 23.2 Å². The Bertz CT molecular complexity index is 468. The Kier molecular flexibility index (Phi) is 7.86. The van der Waals surface area contributed by atoms with E-state index in [4.69, 9.17) is 32.7 Å². The molecular weight excluding hydrogens is 313 g/mol. The normalized spacial score (nSPS) is 12.3. The van der Waals surface area contributed by atoms with Gasteiger partial charge in [0.2, 0.25) is 0 Å². The highest BCUT2D eigenvalue weighted by molar-refractivity contribution is 6.35. The number of hydrogen-bond acceptors (Lipinski definition) is 4. The summed E-state index contributed by atoms with van der Waals surface area (Å²) in [5, 5.41) is 1.07. The van der Waals surface area contributed by atoms with E-state index in [1.807, 2.05) is 13.8 Å². The number of carbonyl (C=O) groups excluding carboxylic acids is 1. The Morgan fingerprint density at radius 2 is 2.10 bits per heavy atom. The van der Waals surface area contributed by atoms with Crippen LogP contribution < -0.4 is 4.74 Å². The quantitative estimate of drug-likeness (QED) is 0.682. The molecule has 1 unspecified atom stereocenters. The summed E-state index contributed by atoms with van der Waals surface area (Å²) in [5.41, 5.74) is 0. The first-order valence-corrected chi connectivity index (χ1v) is 7.61. The average molecular weight is 334 g/mol. The van der Waals surface area contributed by atoms with Crippen molar-refractivity contribution < 1.29 is 14.3 Å². The van der Waals surface area contributed by atoms with E-state index in [-0.39, 0.29) is 11.9 Å². The smallest absolute Gasteiger partial charge is 0.309 e. The summed E-state index contributed by atoms with van der Waals surface area (Å²) in [6.45, 7) is 6.56. The predicted octanol–water partition coefficient (Wildman–Crippen LogP) is 3.50. The monoisotopic (exact) mass is 333 g/mol. The van der Waals surface area contributed by atoms with Gasteiger partial charge in [0.1, 0.15) is 12.4 Å². The fraction of sp³-hybridized carbons (Fsp3) is 0.533. The number of benzene rings is 1. The molecule has 0 radical (unpaired) electrons. The summed E-state index contributed by atoms with van der Waals surface area (Å²) >= 11 is 11.9. The van der Waals surface area contributed by atoms with Crippen LogP contribution in [0, 0.1) is 5.92 Å². The molecule has 0 saturated carbocycles. The molecule has 0 saturated heterocycles. The predicted molar refractivity (Wildman–Crippen MR) is 85.3 cm³/mol. The van der Waals surface area contributed by atoms with Gasteiger partial charge in [0, 0.05) is 18.1 Å². The number of hydrogen-bond donors (Lipinski definition) is 0. The SMILES string of the molecule is CCN(CCOc1ccc(Cl)cc1Cl)CC(C)C(=O)OC. The van der Waals surface area contributed by atoms with Gasteiger partial charge in [-0.25, -0.2) is 0 Å². The lowest BCUT2D eigenvalue weighted by molar-refractivity contribution is -0.145. The third-order valence-corrected chi connectivity index (χ3v) is 3.67. The fourth-order valence-electron chi connectivity index (χ4n) is 1.92. The molecule has 0 bridgehead atoms. The molecule has 0 amide bonds. The standard InChI is InChI=1S/C15H21Cl2NO3/c1-4-18(10-11(2)15(19)20-3)7-8-21-14-6-5-12(16)9-13(14)17/h5-6,9,11H,4,7-8,10H2,1-3H3. The molecule has 1 aromatic carbocycles. The van der Waals surface area contributed by atoms with Crippen molar-refractivity contribution in [2.45, 2.75) is 13.8 Å². The summed E-state index contributed by atoms with van der Waals surface area (Å²) in [4.78, 5) is 13.6. The van der Waals surface area contributed by atoms with Crippen molar-refractivity contribution in [1.29, 1.82) is 0 Å². The third-order valence-electron chi connectivity index (χ3n) is 3.14. The number of rotatable bonds is 8. The van der Waals surface area contributed by atoms with Gasteiger partial charge in [-0.1, -0.05) is 37.0 Å². The molecule has 1 aromatic rings. The molecule has 118 valence electrons. The highest BCUT2D eigenvalue weighted by Crippen LogP contribution is 2.27. The van der Waals surface area contributed by atoms with Crippen LogP contribution in [-0.4, -0.2) is 44.2 Å². The lowest BCUT2D eigenvalue weighted by Crippen LogP contribution is -2.35. The van der Waals surface area contributed by atoms with E-state index in [0.29, 0.717) is 35.5 Å². The summed E-state index contributed by atoms with van der Waals surface area (Å²) < 4.78 is 10.4. The van der Waals surface area contributed by atoms with Gasteiger partial charge in [0.05, 0.1) is 18.1 Å². The number of halogens is 2. The maximum atomic E-state index is 11.4. The second-order valence-corrected chi connectivity index (χ2v) is 5.58. The Labute approximate surface area is 135 Å². The second kappa shape index (κ2) is 9.13. The third kappa shape index (κ3) is 6.12. The molecular formula is C15H21Cl2NO3. The minimum Gasteiger partial charge on any atom is -0.491 e. The maximum Gasteiger partial charge on any atom is 0.309 e. The summed E-state index contributed by atoms with van der Waals surface area (Å²) in [5.74, 6) is 0.252. The van der Waals surface area contributed by atoms with Crippen LogP contribution in [-0.2, 0) is 9.53 Å². The molecule has 1 rings (SSSR count). The van der Waals surface area contributed by atoms with Gasteiger partial charge >= 0.3 is 5.97 Å². The van der Waals surface area contributed by atoms with Crippen LogP contribution in [0.3, 0.4) is 0 Å². The number of methoxy groups -OCH3 is 1. The Balaban J connectivity index is 2.43. The fourth-order valence-corrected chi connectivity index (χ4v) is 2.38. The molecule has 21 heavy (non-hydrogen) atoms. The zero-order valence-electron chi connectivity index (χ0n) is 12.6. The summed E-state index contributed by atoms with van der Waals surface area (Å²) in [7, 11) is 1.40. The van der Waals surface area contributed by atoms with Gasteiger partial charge in [-0.2, -0.15) is 0 Å². The molecule has 0 aliphatic rings. The van der Waals surface area contributed by atoms with E-state index in [9.17, 15) is 4.79 Å². The van der Waals surface area contributed by atoms with E-state index in [1.54, 1.807) is 18.2 Å². The topological polar surface area (TPSA) is 38.8 Å². The largest absolute Gasteiger partial charge is 0.491 e. The Hall–Kier alpha value is -0.970. The van der Waals surface area contributed by atoms with Gasteiger partial charge in [0.25, 0.3) is 0 Å². The molecule has 0 spiro atoms. The van der Waals surface area contributed by atoms with Crippen LogP contribution in [0.2, 0.25) is 10.0 Å². The highest BCUT2D eigenvalue weighted by Gasteiger charge is 2.16. The van der Waals surface area contributed by atoms with E-state index < -0.39 is 0 Å². The molecule has 4 nitrogen and oxygen atoms in total. The molecule has 0 heterocycles. The van der Waals surface area contributed by atoms with E-state index in [1.165, 1.54) is 7.11 Å². The van der Waals surface area contributed by atoms with Crippen LogP contribution in [0.4, 0.5) is 0 Å². The van der Waals surface area contributed by atoms with E-state index in [2.05, 4.69) is 4.90 Å². The lowest BCUT2D eigenvalue weighted by atomic mass is 10.1. The second-order valence-electron chi connectivity index (χ2n) is 4.74. The first-order chi connectivity index (χ1) is 9.97. The maximum absolute atomic E-state index is 11.4. The minimum absolute atomic E-state index is 0.158. The molecule has 0 fully saturated rings. The lowest BCUT2D eigenvalue weighted by Gasteiger charge is -2.23. The van der Waals surface area contributed by atoms with Crippen molar-refractivity contribution in [1.82, 2.24) is 4.90 Å². The van der Waals surface area contributed by atoms with Crippen molar-refractivity contribution >= 4 is 29.2 Å². The molecule has 1 atom stereocenters. The van der Waals surface area contributed by atoms with E-state index in [0.717, 1.165) is 6.54 Å². The van der Waals surface area contributed by atoms with Crippen molar-refractivity contribution in [3.05, 3.63) is 28.2 Å². The Morgan fingerprint density at radius 3 is 2.67 bits per heavy atom. The van der Waals surface area contributed by atoms with Gasteiger partial charge < -0.3 is 9.47 Å². The number of likely N-dealkylation sites (N-methyl/N-ethyl adjacent to an activating group) is 1. The summed E-state index contributed by atoms with van der Waals surface area (Å²) in [6, 6.07) is 5.13. The highest BCUT2D eigenvalue weighted by atomic mass is 35.5. The number of ether oxygens (including phenoxy) is 2. The molecule has 0 aliphatic carbocycles. The van der Waals surface area contributed by atoms with Crippen LogP contribution in [0.15, 0.2) is 18.2 Å². The van der Waals surface area contributed by atoms with Crippen LogP contribution in [0.5, 0.6) is 5.75 Å². The van der Waals surface area contributed by atoms with Crippen molar-refractivity contribution in [2.24, 2.45) is 5.92 Å². The van der Waals surface area contributed by atoms with Gasteiger partial charge in [-0.05, 0) is 24.7 Å². The zero-order chi connectivity index (χ0) is 15.8. The minimum atomic E-state index is -0.199. The van der Waals surface area contributed by atoms with Gasteiger partial charge in [-0.3, -0.25) is 9.69 Å².